The second-order valence-corrected chi connectivity index (χ2v) is 6.76. The van der Waals surface area contributed by atoms with Crippen molar-refractivity contribution < 1.29 is 19.4 Å². The summed E-state index contributed by atoms with van der Waals surface area (Å²) in [6.45, 7) is 1.44. The van der Waals surface area contributed by atoms with Crippen LogP contribution in [-0.2, 0) is 14.3 Å². The Balaban J connectivity index is 1.57. The van der Waals surface area contributed by atoms with Crippen molar-refractivity contribution in [2.45, 2.75) is 51.0 Å². The predicted octanol–water partition coefficient (Wildman–Crippen LogP) is 1.90. The molecule has 2 saturated carbocycles. The Kier molecular flexibility index (Phi) is 4.48. The molecule has 1 aliphatic heterocycles. The predicted molar refractivity (Wildman–Crippen MR) is 76.7 cm³/mol. The number of carbonyl (C=O) groups excluding carboxylic acids is 1. The van der Waals surface area contributed by atoms with Gasteiger partial charge in [-0.2, -0.15) is 0 Å². The fourth-order valence-corrected chi connectivity index (χ4v) is 4.11. The van der Waals surface area contributed by atoms with Gasteiger partial charge < -0.3 is 14.7 Å². The van der Waals surface area contributed by atoms with Crippen molar-refractivity contribution in [3.63, 3.8) is 0 Å². The maximum atomic E-state index is 12.7. The van der Waals surface area contributed by atoms with Crippen LogP contribution in [0.4, 0.5) is 0 Å². The molecule has 3 atom stereocenters. The first-order valence-corrected chi connectivity index (χ1v) is 8.27. The topological polar surface area (TPSA) is 66.8 Å². The standard InChI is InChI=1S/C16H25NO4/c18-15(19)8-12-10-21-7-6-17(12)16(20)14-9-13(14)11-4-2-1-3-5-11/h11-14H,1-10H2,(H,18,19). The van der Waals surface area contributed by atoms with Gasteiger partial charge in [-0.05, 0) is 18.3 Å². The molecular formula is C16H25NO4. The van der Waals surface area contributed by atoms with Gasteiger partial charge in [-0.3, -0.25) is 9.59 Å². The van der Waals surface area contributed by atoms with E-state index in [1.807, 2.05) is 0 Å². The molecule has 0 aromatic heterocycles. The third-order valence-corrected chi connectivity index (χ3v) is 5.33. The summed E-state index contributed by atoms with van der Waals surface area (Å²) in [6, 6.07) is -0.281. The molecule has 5 nitrogen and oxygen atoms in total. The van der Waals surface area contributed by atoms with E-state index in [0.717, 1.165) is 12.3 Å². The first-order chi connectivity index (χ1) is 10.2. The number of hydrogen-bond acceptors (Lipinski definition) is 3. The molecule has 0 aromatic carbocycles. The van der Waals surface area contributed by atoms with Gasteiger partial charge in [-0.1, -0.05) is 32.1 Å². The van der Waals surface area contributed by atoms with Crippen molar-refractivity contribution >= 4 is 11.9 Å². The fourth-order valence-electron chi connectivity index (χ4n) is 4.11. The molecule has 21 heavy (non-hydrogen) atoms. The average Bonchev–Trinajstić information content (AvgIpc) is 3.28. The van der Waals surface area contributed by atoms with Crippen LogP contribution in [0.3, 0.4) is 0 Å². The van der Waals surface area contributed by atoms with E-state index in [1.54, 1.807) is 4.90 Å². The van der Waals surface area contributed by atoms with Crippen LogP contribution in [0.5, 0.6) is 0 Å². The minimum atomic E-state index is -0.858. The summed E-state index contributed by atoms with van der Waals surface area (Å²) in [5, 5.41) is 8.98. The first-order valence-electron chi connectivity index (χ1n) is 8.27. The second kappa shape index (κ2) is 6.34. The molecule has 3 unspecified atom stereocenters. The van der Waals surface area contributed by atoms with Crippen molar-refractivity contribution in [1.82, 2.24) is 4.90 Å². The van der Waals surface area contributed by atoms with Crippen LogP contribution < -0.4 is 0 Å². The van der Waals surface area contributed by atoms with Crippen molar-refractivity contribution in [2.75, 3.05) is 19.8 Å². The van der Waals surface area contributed by atoms with E-state index in [-0.39, 0.29) is 24.3 Å². The van der Waals surface area contributed by atoms with Gasteiger partial charge in [0.1, 0.15) is 0 Å². The molecule has 3 fully saturated rings. The number of carbonyl (C=O) groups is 2. The number of carboxylic acid groups (broad SMARTS) is 1. The maximum absolute atomic E-state index is 12.7. The van der Waals surface area contributed by atoms with Gasteiger partial charge in [0, 0.05) is 12.5 Å². The van der Waals surface area contributed by atoms with Gasteiger partial charge in [0.25, 0.3) is 0 Å². The molecule has 3 rings (SSSR count). The Morgan fingerprint density at radius 1 is 1.19 bits per heavy atom. The van der Waals surface area contributed by atoms with Crippen molar-refractivity contribution in [3.8, 4) is 0 Å². The molecule has 0 spiro atoms. The van der Waals surface area contributed by atoms with Gasteiger partial charge in [-0.15, -0.1) is 0 Å². The SMILES string of the molecule is O=C(O)CC1COCCN1C(=O)C1CC1C1CCCCC1. The number of morpholine rings is 1. The molecule has 1 amide bonds. The third-order valence-electron chi connectivity index (χ3n) is 5.33. The molecule has 0 bridgehead atoms. The van der Waals surface area contributed by atoms with Gasteiger partial charge in [0.15, 0.2) is 0 Å². The Bertz CT molecular complexity index is 405. The molecule has 2 aliphatic carbocycles. The second-order valence-electron chi connectivity index (χ2n) is 6.76. The quantitative estimate of drug-likeness (QED) is 0.860. The Hall–Kier alpha value is -1.10. The average molecular weight is 295 g/mol. The molecule has 1 heterocycles. The fraction of sp³-hybridized carbons (Fsp3) is 0.875. The number of rotatable bonds is 4. The number of nitrogens with zero attached hydrogens (tertiary/aromatic N) is 1. The number of amides is 1. The van der Waals surface area contributed by atoms with Crippen LogP contribution >= 0.6 is 0 Å². The Morgan fingerprint density at radius 3 is 2.67 bits per heavy atom. The zero-order chi connectivity index (χ0) is 14.8. The number of hydrogen-bond donors (Lipinski definition) is 1. The van der Waals surface area contributed by atoms with Gasteiger partial charge in [-0.25, -0.2) is 0 Å². The minimum absolute atomic E-state index is 0.00739. The van der Waals surface area contributed by atoms with Crippen molar-refractivity contribution in [1.29, 1.82) is 0 Å². The largest absolute Gasteiger partial charge is 0.481 e. The number of aliphatic carboxylic acids is 1. The van der Waals surface area contributed by atoms with Crippen molar-refractivity contribution in [3.05, 3.63) is 0 Å². The van der Waals surface area contributed by atoms with Crippen LogP contribution in [0.15, 0.2) is 0 Å². The lowest BCUT2D eigenvalue weighted by Gasteiger charge is -2.35. The van der Waals surface area contributed by atoms with E-state index in [9.17, 15) is 9.59 Å². The molecule has 1 N–H and O–H groups in total. The zero-order valence-corrected chi connectivity index (χ0v) is 12.5. The number of ether oxygens (including phenoxy) is 1. The lowest BCUT2D eigenvalue weighted by atomic mass is 9.85. The Labute approximate surface area is 125 Å². The van der Waals surface area contributed by atoms with Crippen LogP contribution in [0.2, 0.25) is 0 Å². The molecular weight excluding hydrogens is 270 g/mol. The lowest BCUT2D eigenvalue weighted by Crippen LogP contribution is -2.50. The Morgan fingerprint density at radius 2 is 1.95 bits per heavy atom. The smallest absolute Gasteiger partial charge is 0.305 e. The summed E-state index contributed by atoms with van der Waals surface area (Å²) >= 11 is 0. The highest BCUT2D eigenvalue weighted by atomic mass is 16.5. The highest BCUT2D eigenvalue weighted by Crippen LogP contribution is 2.50. The van der Waals surface area contributed by atoms with E-state index in [1.165, 1.54) is 32.1 Å². The van der Waals surface area contributed by atoms with E-state index < -0.39 is 5.97 Å². The minimum Gasteiger partial charge on any atom is -0.481 e. The van der Waals surface area contributed by atoms with Crippen LogP contribution in [0.25, 0.3) is 0 Å². The third kappa shape index (κ3) is 3.39. The molecule has 1 saturated heterocycles. The van der Waals surface area contributed by atoms with Gasteiger partial charge in [0.2, 0.25) is 5.91 Å². The van der Waals surface area contributed by atoms with E-state index >= 15 is 0 Å². The van der Waals surface area contributed by atoms with Crippen LogP contribution in [0, 0.1) is 17.8 Å². The molecule has 3 aliphatic rings. The van der Waals surface area contributed by atoms with E-state index in [2.05, 4.69) is 0 Å². The van der Waals surface area contributed by atoms with E-state index in [0.29, 0.717) is 25.7 Å². The normalized spacial score (nSPS) is 33.7. The molecule has 5 heteroatoms. The lowest BCUT2D eigenvalue weighted by molar-refractivity contribution is -0.147. The maximum Gasteiger partial charge on any atom is 0.305 e. The zero-order valence-electron chi connectivity index (χ0n) is 12.5. The first kappa shape index (κ1) is 14.8. The molecule has 0 radical (unpaired) electrons. The molecule has 118 valence electrons. The highest BCUT2D eigenvalue weighted by molar-refractivity contribution is 5.82. The van der Waals surface area contributed by atoms with Gasteiger partial charge in [0.05, 0.1) is 25.7 Å². The van der Waals surface area contributed by atoms with Crippen LogP contribution in [0.1, 0.15) is 44.9 Å². The van der Waals surface area contributed by atoms with Gasteiger partial charge >= 0.3 is 5.97 Å². The van der Waals surface area contributed by atoms with Crippen LogP contribution in [-0.4, -0.2) is 47.7 Å². The summed E-state index contributed by atoms with van der Waals surface area (Å²) in [5.41, 5.74) is 0. The van der Waals surface area contributed by atoms with Crippen molar-refractivity contribution in [2.24, 2.45) is 17.8 Å². The number of carboxylic acids is 1. The molecule has 0 aromatic rings. The van der Waals surface area contributed by atoms with E-state index in [4.69, 9.17) is 9.84 Å². The summed E-state index contributed by atoms with van der Waals surface area (Å²) in [5.74, 6) is 0.767. The summed E-state index contributed by atoms with van der Waals surface area (Å²) in [7, 11) is 0. The monoisotopic (exact) mass is 295 g/mol. The summed E-state index contributed by atoms with van der Waals surface area (Å²) < 4.78 is 5.35. The summed E-state index contributed by atoms with van der Waals surface area (Å²) in [4.78, 5) is 25.4. The highest BCUT2D eigenvalue weighted by Gasteiger charge is 2.50. The summed E-state index contributed by atoms with van der Waals surface area (Å²) in [6.07, 6.45) is 7.51.